The van der Waals surface area contributed by atoms with E-state index in [1.807, 2.05) is 7.05 Å². The number of aliphatic imine (C=N–C) groups is 1. The molecule has 2 unspecified atom stereocenters. The summed E-state index contributed by atoms with van der Waals surface area (Å²) in [4.78, 5) is 4.77. The number of hydrogen-bond acceptors (Lipinski definition) is 3. The lowest BCUT2D eigenvalue weighted by Crippen LogP contribution is -2.27. The molecule has 0 bridgehead atoms. The van der Waals surface area contributed by atoms with Gasteiger partial charge in [0.1, 0.15) is 5.75 Å². The van der Waals surface area contributed by atoms with Gasteiger partial charge in [-0.3, -0.25) is 4.99 Å². The fraction of sp³-hybridized carbons (Fsp3) is 0.387. The third-order valence-corrected chi connectivity index (χ3v) is 8.96. The van der Waals surface area contributed by atoms with Crippen LogP contribution in [0.4, 0.5) is 0 Å². The van der Waals surface area contributed by atoms with Gasteiger partial charge < -0.3 is 9.47 Å². The topological polar surface area (TPSA) is 30.8 Å². The molecule has 0 radical (unpaired) electrons. The highest BCUT2D eigenvalue weighted by Gasteiger charge is 2.35. The zero-order valence-electron chi connectivity index (χ0n) is 22.4. The van der Waals surface area contributed by atoms with Crippen molar-refractivity contribution in [3.05, 3.63) is 94.0 Å². The lowest BCUT2D eigenvalue weighted by molar-refractivity contribution is 0.0494. The fourth-order valence-electron chi connectivity index (χ4n) is 5.04. The van der Waals surface area contributed by atoms with Crippen molar-refractivity contribution in [3.63, 3.8) is 0 Å². The minimum absolute atomic E-state index is 0.0367. The maximum Gasteiger partial charge on any atom is 0.188 e. The smallest absolute Gasteiger partial charge is 0.188 e. The molecule has 2 atom stereocenters. The number of aryl methyl sites for hydroxylation is 3. The van der Waals surface area contributed by atoms with E-state index in [0.29, 0.717) is 8.58 Å². The molecule has 3 aromatic carbocycles. The Balaban J connectivity index is 2.22. The second-order valence-electron chi connectivity index (χ2n) is 9.26. The highest BCUT2D eigenvalue weighted by Crippen LogP contribution is 2.52. The third kappa shape index (κ3) is 6.02. The van der Waals surface area contributed by atoms with Crippen LogP contribution in [0.2, 0.25) is 0 Å². The molecule has 0 aliphatic heterocycles. The van der Waals surface area contributed by atoms with Crippen LogP contribution in [-0.2, 0) is 9.89 Å². The maximum atomic E-state index is 6.22. The Morgan fingerprint density at radius 2 is 1.69 bits per heavy atom. The number of hydrogen-bond donors (Lipinski definition) is 0. The predicted octanol–water partition coefficient (Wildman–Crippen LogP) is 7.47. The zero-order chi connectivity index (χ0) is 25.4. The molecular weight excluding hydrogens is 449 g/mol. The van der Waals surface area contributed by atoms with Gasteiger partial charge in [0.2, 0.25) is 0 Å². The molecule has 0 aromatic heterocycles. The second kappa shape index (κ2) is 12.5. The van der Waals surface area contributed by atoms with E-state index in [1.165, 1.54) is 33.1 Å². The minimum atomic E-state index is -0.0367. The highest BCUT2D eigenvalue weighted by atomic mass is 31.1. The van der Waals surface area contributed by atoms with Crippen molar-refractivity contribution in [2.45, 2.75) is 59.0 Å². The van der Waals surface area contributed by atoms with Gasteiger partial charge >= 0.3 is 0 Å². The first-order chi connectivity index (χ1) is 16.9. The Morgan fingerprint density at radius 1 is 0.943 bits per heavy atom. The summed E-state index contributed by atoms with van der Waals surface area (Å²) in [5, 5.41) is 1.36. The molecule has 3 nitrogen and oxygen atoms in total. The zero-order valence-corrected chi connectivity index (χ0v) is 23.4. The number of nitrogens with zero attached hydrogens (tertiary/aromatic N) is 1. The monoisotopic (exact) mass is 489 g/mol. The maximum absolute atomic E-state index is 6.22. The van der Waals surface area contributed by atoms with Crippen LogP contribution in [0.5, 0.6) is 5.75 Å². The van der Waals surface area contributed by atoms with Crippen molar-refractivity contribution in [2.75, 3.05) is 21.0 Å². The molecule has 0 amide bonds. The highest BCUT2D eigenvalue weighted by molar-refractivity contribution is 7.49. The van der Waals surface area contributed by atoms with Gasteiger partial charge in [0.15, 0.2) is 6.79 Å². The molecule has 186 valence electrons. The van der Waals surface area contributed by atoms with Crippen LogP contribution in [-0.4, -0.2) is 26.7 Å². The molecule has 0 saturated heterocycles. The van der Waals surface area contributed by atoms with E-state index in [-0.39, 0.29) is 11.9 Å². The molecular formula is C31H40NO2P. The van der Waals surface area contributed by atoms with Crippen LogP contribution in [0.1, 0.15) is 66.5 Å². The summed E-state index contributed by atoms with van der Waals surface area (Å²) in [6.45, 7) is 11.4. The molecule has 0 aliphatic rings. The normalized spacial score (nSPS) is 13.9. The van der Waals surface area contributed by atoms with Gasteiger partial charge in [-0.05, 0) is 50.0 Å². The Kier molecular flexibility index (Phi) is 9.66. The molecule has 0 saturated carbocycles. The number of benzene rings is 3. The van der Waals surface area contributed by atoms with Crippen LogP contribution in [0.25, 0.3) is 0 Å². The fourth-order valence-corrected chi connectivity index (χ4v) is 7.01. The first-order valence-corrected chi connectivity index (χ1v) is 13.5. The van der Waals surface area contributed by atoms with Crippen molar-refractivity contribution in [2.24, 2.45) is 4.99 Å². The van der Waals surface area contributed by atoms with E-state index in [4.69, 9.17) is 14.5 Å². The summed E-state index contributed by atoms with van der Waals surface area (Å²) < 4.78 is 11.5. The standard InChI is InChI=1S/C31H40NO2P/c1-8-18-31(9-2,27-20-22(3)19-24(5)29(27)34-21-33-7)35-30-23(4)14-13-17-26(30)28(32-6)25-15-11-10-12-16-25/h10-17,19-20,35H,8-9,18,21H2,1-7H3. The minimum Gasteiger partial charge on any atom is -0.467 e. The van der Waals surface area contributed by atoms with Crippen LogP contribution in [0, 0.1) is 20.8 Å². The summed E-state index contributed by atoms with van der Waals surface area (Å²) in [6.07, 6.45) is 3.22. The summed E-state index contributed by atoms with van der Waals surface area (Å²) >= 11 is 0. The van der Waals surface area contributed by atoms with Crippen molar-refractivity contribution < 1.29 is 9.47 Å². The number of rotatable bonds is 11. The SMILES string of the molecule is CCCC(CC)(Pc1c(C)cccc1C(=NC)c1ccccc1)c1cc(C)cc(C)c1OCOC. The van der Waals surface area contributed by atoms with Crippen molar-refractivity contribution in [3.8, 4) is 5.75 Å². The Bertz CT molecular complexity index is 1160. The van der Waals surface area contributed by atoms with Gasteiger partial charge in [0.05, 0.1) is 5.71 Å². The molecule has 3 rings (SSSR count). The van der Waals surface area contributed by atoms with Crippen LogP contribution >= 0.6 is 8.58 Å². The van der Waals surface area contributed by atoms with Crippen molar-refractivity contribution in [1.29, 1.82) is 0 Å². The molecule has 0 fully saturated rings. The van der Waals surface area contributed by atoms with E-state index in [0.717, 1.165) is 36.3 Å². The van der Waals surface area contributed by atoms with E-state index in [1.54, 1.807) is 7.11 Å². The quantitative estimate of drug-likeness (QED) is 0.159. The van der Waals surface area contributed by atoms with Gasteiger partial charge in [-0.25, -0.2) is 0 Å². The van der Waals surface area contributed by atoms with Gasteiger partial charge in [-0.15, -0.1) is 0 Å². The average Bonchev–Trinajstić information content (AvgIpc) is 2.85. The summed E-state index contributed by atoms with van der Waals surface area (Å²) in [6, 6.07) is 21.7. The van der Waals surface area contributed by atoms with Gasteiger partial charge in [0, 0.05) is 36.0 Å². The predicted molar refractivity (Wildman–Crippen MR) is 152 cm³/mol. The molecule has 4 heteroatoms. The van der Waals surface area contributed by atoms with E-state index >= 15 is 0 Å². The third-order valence-electron chi connectivity index (χ3n) is 6.70. The van der Waals surface area contributed by atoms with E-state index in [9.17, 15) is 0 Å². The lowest BCUT2D eigenvalue weighted by atomic mass is 9.87. The molecule has 35 heavy (non-hydrogen) atoms. The Labute approximate surface area is 213 Å². The van der Waals surface area contributed by atoms with Crippen molar-refractivity contribution >= 4 is 19.6 Å². The van der Waals surface area contributed by atoms with E-state index in [2.05, 4.69) is 95.3 Å². The first-order valence-electron chi connectivity index (χ1n) is 12.5. The Hall–Kier alpha value is -2.48. The summed E-state index contributed by atoms with van der Waals surface area (Å²) in [5.41, 5.74) is 8.49. The van der Waals surface area contributed by atoms with Gasteiger partial charge in [-0.2, -0.15) is 0 Å². The van der Waals surface area contributed by atoms with Gasteiger partial charge in [0.25, 0.3) is 0 Å². The largest absolute Gasteiger partial charge is 0.467 e. The lowest BCUT2D eigenvalue weighted by Gasteiger charge is -2.37. The number of methoxy groups -OCH3 is 1. The first kappa shape index (κ1) is 27.1. The summed E-state index contributed by atoms with van der Waals surface area (Å²) in [7, 11) is 4.16. The average molecular weight is 490 g/mol. The molecule has 0 aliphatic carbocycles. The van der Waals surface area contributed by atoms with Gasteiger partial charge in [-0.1, -0.05) is 95.1 Å². The van der Waals surface area contributed by atoms with E-state index < -0.39 is 0 Å². The second-order valence-corrected chi connectivity index (χ2v) is 11.0. The molecule has 0 N–H and O–H groups in total. The summed E-state index contributed by atoms with van der Waals surface area (Å²) in [5.74, 6) is 0.975. The molecule has 0 spiro atoms. The molecule has 0 heterocycles. The molecule has 3 aromatic rings. The number of ether oxygens (including phenoxy) is 2. The van der Waals surface area contributed by atoms with Crippen LogP contribution in [0.15, 0.2) is 65.7 Å². The van der Waals surface area contributed by atoms with Crippen LogP contribution in [0.3, 0.4) is 0 Å². The van der Waals surface area contributed by atoms with Crippen molar-refractivity contribution in [1.82, 2.24) is 0 Å². The van der Waals surface area contributed by atoms with Crippen LogP contribution < -0.4 is 10.0 Å². The Morgan fingerprint density at radius 3 is 2.31 bits per heavy atom.